The van der Waals surface area contributed by atoms with Crippen LogP contribution < -0.4 is 10.2 Å². The molecule has 0 bridgehead atoms. The van der Waals surface area contributed by atoms with E-state index in [9.17, 15) is 14.0 Å². The summed E-state index contributed by atoms with van der Waals surface area (Å²) in [5.41, 5.74) is 1.33. The molecule has 26 heavy (non-hydrogen) atoms. The van der Waals surface area contributed by atoms with Crippen LogP contribution in [-0.4, -0.2) is 11.9 Å². The van der Waals surface area contributed by atoms with E-state index in [2.05, 4.69) is 5.32 Å². The minimum Gasteiger partial charge on any atom is -0.457 e. The summed E-state index contributed by atoms with van der Waals surface area (Å²) < 4.78 is 18.7. The number of halogens is 1. The number of rotatable bonds is 3. The van der Waals surface area contributed by atoms with E-state index in [4.69, 9.17) is 4.42 Å². The van der Waals surface area contributed by atoms with E-state index in [0.29, 0.717) is 22.8 Å². The summed E-state index contributed by atoms with van der Waals surface area (Å²) in [4.78, 5) is 25.7. The lowest BCUT2D eigenvalue weighted by molar-refractivity contribution is -0.113. The Morgan fingerprint density at radius 3 is 2.38 bits per heavy atom. The highest BCUT2D eigenvalue weighted by Gasteiger charge is 2.34. The van der Waals surface area contributed by atoms with Crippen LogP contribution in [0.3, 0.4) is 0 Å². The van der Waals surface area contributed by atoms with E-state index >= 15 is 0 Å². The van der Waals surface area contributed by atoms with Gasteiger partial charge in [0, 0.05) is 11.6 Å². The third kappa shape index (κ3) is 2.88. The number of anilines is 1. The minimum atomic E-state index is -0.516. The van der Waals surface area contributed by atoms with Crippen molar-refractivity contribution in [3.63, 3.8) is 0 Å². The van der Waals surface area contributed by atoms with Crippen LogP contribution in [-0.2, 0) is 4.79 Å². The number of nitrogens with zero attached hydrogens (tertiary/aromatic N) is 1. The lowest BCUT2D eigenvalue weighted by Crippen LogP contribution is -2.30. The molecule has 3 amide bonds. The zero-order valence-electron chi connectivity index (χ0n) is 13.5. The van der Waals surface area contributed by atoms with Gasteiger partial charge in [-0.2, -0.15) is 0 Å². The first-order valence-electron chi connectivity index (χ1n) is 7.90. The summed E-state index contributed by atoms with van der Waals surface area (Å²) in [6.07, 6.45) is 1.47. The van der Waals surface area contributed by atoms with Crippen molar-refractivity contribution >= 4 is 23.7 Å². The first-order chi connectivity index (χ1) is 12.6. The molecule has 0 spiro atoms. The number of urea groups is 1. The summed E-state index contributed by atoms with van der Waals surface area (Å²) >= 11 is 0. The van der Waals surface area contributed by atoms with Crippen molar-refractivity contribution in [2.24, 2.45) is 0 Å². The van der Waals surface area contributed by atoms with Crippen LogP contribution in [0.5, 0.6) is 0 Å². The summed E-state index contributed by atoms with van der Waals surface area (Å²) in [6, 6.07) is 17.4. The van der Waals surface area contributed by atoms with Gasteiger partial charge in [-0.25, -0.2) is 14.1 Å². The molecular formula is C20H13FN2O3. The Bertz CT molecular complexity index is 1010. The number of carbonyl (C=O) groups excluding carboxylic acids is 2. The average molecular weight is 348 g/mol. The molecule has 2 heterocycles. The maximum Gasteiger partial charge on any atom is 0.333 e. The van der Waals surface area contributed by atoms with Gasteiger partial charge in [0.15, 0.2) is 0 Å². The highest BCUT2D eigenvalue weighted by Crippen LogP contribution is 2.25. The number of para-hydroxylation sites is 1. The molecule has 2 aromatic carbocycles. The van der Waals surface area contributed by atoms with Gasteiger partial charge < -0.3 is 9.73 Å². The van der Waals surface area contributed by atoms with Gasteiger partial charge >= 0.3 is 6.03 Å². The van der Waals surface area contributed by atoms with E-state index in [1.165, 1.54) is 18.2 Å². The quantitative estimate of drug-likeness (QED) is 0.570. The van der Waals surface area contributed by atoms with Crippen molar-refractivity contribution in [3.05, 3.63) is 84.0 Å². The van der Waals surface area contributed by atoms with Gasteiger partial charge in [-0.3, -0.25) is 4.79 Å². The number of carbonyl (C=O) groups is 2. The van der Waals surface area contributed by atoms with Gasteiger partial charge in [-0.15, -0.1) is 0 Å². The van der Waals surface area contributed by atoms with Crippen molar-refractivity contribution < 1.29 is 18.4 Å². The standard InChI is InChI=1S/C20H13FN2O3/c21-14-8-6-13(7-9-14)18-11-10-16(26-18)12-17-19(24)23(20(25)22-17)15-4-2-1-3-5-15/h1-12H,(H,22,25)/b17-12+. The minimum absolute atomic E-state index is 0.124. The fourth-order valence-electron chi connectivity index (χ4n) is 2.69. The molecule has 1 N–H and O–H groups in total. The van der Waals surface area contributed by atoms with Crippen LogP contribution in [0.2, 0.25) is 0 Å². The summed E-state index contributed by atoms with van der Waals surface area (Å²) in [5.74, 6) is 0.153. The Hall–Kier alpha value is -3.67. The van der Waals surface area contributed by atoms with E-state index in [1.807, 2.05) is 0 Å². The zero-order valence-corrected chi connectivity index (χ0v) is 13.5. The van der Waals surface area contributed by atoms with Gasteiger partial charge in [0.1, 0.15) is 23.0 Å². The van der Waals surface area contributed by atoms with Gasteiger partial charge in [-0.1, -0.05) is 18.2 Å². The molecule has 1 aliphatic rings. The maximum atomic E-state index is 13.0. The Labute approximate surface area is 148 Å². The molecule has 0 saturated carbocycles. The molecule has 0 atom stereocenters. The first kappa shape index (κ1) is 15.8. The van der Waals surface area contributed by atoms with Crippen molar-refractivity contribution in [1.29, 1.82) is 0 Å². The third-order valence-electron chi connectivity index (χ3n) is 3.93. The maximum absolute atomic E-state index is 13.0. The number of furan rings is 1. The van der Waals surface area contributed by atoms with Crippen LogP contribution in [0.15, 0.2) is 76.8 Å². The number of hydrogen-bond acceptors (Lipinski definition) is 3. The molecule has 1 saturated heterocycles. The molecule has 4 rings (SSSR count). The topological polar surface area (TPSA) is 62.6 Å². The highest BCUT2D eigenvalue weighted by atomic mass is 19.1. The zero-order chi connectivity index (χ0) is 18.1. The molecule has 0 radical (unpaired) electrons. The van der Waals surface area contributed by atoms with Gasteiger partial charge in [-0.05, 0) is 48.5 Å². The lowest BCUT2D eigenvalue weighted by atomic mass is 10.2. The molecule has 1 aromatic heterocycles. The monoisotopic (exact) mass is 348 g/mol. The van der Waals surface area contributed by atoms with Gasteiger partial charge in [0.2, 0.25) is 0 Å². The summed E-state index contributed by atoms with van der Waals surface area (Å²) in [7, 11) is 0. The molecule has 3 aromatic rings. The number of hydrogen-bond donors (Lipinski definition) is 1. The predicted octanol–water partition coefficient (Wildman–Crippen LogP) is 4.18. The van der Waals surface area contributed by atoms with Crippen molar-refractivity contribution in [2.75, 3.05) is 4.90 Å². The van der Waals surface area contributed by atoms with Crippen molar-refractivity contribution in [3.8, 4) is 11.3 Å². The third-order valence-corrected chi connectivity index (χ3v) is 3.93. The number of amides is 3. The molecule has 1 fully saturated rings. The largest absolute Gasteiger partial charge is 0.457 e. The summed E-state index contributed by atoms with van der Waals surface area (Å²) in [5, 5.41) is 2.55. The van der Waals surface area contributed by atoms with Crippen LogP contribution in [0, 0.1) is 5.82 Å². The van der Waals surface area contributed by atoms with Crippen LogP contribution in [0.1, 0.15) is 5.76 Å². The van der Waals surface area contributed by atoms with Crippen LogP contribution in [0.25, 0.3) is 17.4 Å². The SMILES string of the molecule is O=C1N/C(=C/c2ccc(-c3ccc(F)cc3)o2)C(=O)N1c1ccccc1. The fraction of sp³-hybridized carbons (Fsp3) is 0. The van der Waals surface area contributed by atoms with E-state index in [1.54, 1.807) is 54.6 Å². The smallest absolute Gasteiger partial charge is 0.333 e. The van der Waals surface area contributed by atoms with E-state index < -0.39 is 11.9 Å². The Morgan fingerprint density at radius 2 is 1.65 bits per heavy atom. The van der Waals surface area contributed by atoms with Crippen LogP contribution in [0.4, 0.5) is 14.9 Å². The molecule has 0 unspecified atom stereocenters. The first-order valence-corrected chi connectivity index (χ1v) is 7.90. The van der Waals surface area contributed by atoms with E-state index in [0.717, 1.165) is 4.90 Å². The predicted molar refractivity (Wildman–Crippen MR) is 94.5 cm³/mol. The molecule has 0 aliphatic carbocycles. The van der Waals surface area contributed by atoms with E-state index in [-0.39, 0.29) is 11.5 Å². The number of nitrogens with one attached hydrogen (secondary N) is 1. The highest BCUT2D eigenvalue weighted by molar-refractivity contribution is 6.28. The normalized spacial score (nSPS) is 15.6. The fourth-order valence-corrected chi connectivity index (χ4v) is 2.69. The second-order valence-corrected chi connectivity index (χ2v) is 5.67. The Morgan fingerprint density at radius 1 is 0.923 bits per heavy atom. The van der Waals surface area contributed by atoms with Crippen LogP contribution >= 0.6 is 0 Å². The van der Waals surface area contributed by atoms with Crippen molar-refractivity contribution in [2.45, 2.75) is 0 Å². The second kappa shape index (κ2) is 6.33. The van der Waals surface area contributed by atoms with Crippen molar-refractivity contribution in [1.82, 2.24) is 5.32 Å². The molecule has 5 nitrogen and oxygen atoms in total. The second-order valence-electron chi connectivity index (χ2n) is 5.67. The molecule has 1 aliphatic heterocycles. The molecule has 6 heteroatoms. The molecule has 128 valence electrons. The number of benzene rings is 2. The lowest BCUT2D eigenvalue weighted by Gasteiger charge is -2.10. The Kier molecular flexibility index (Phi) is 3.85. The molecular weight excluding hydrogens is 335 g/mol. The summed E-state index contributed by atoms with van der Waals surface area (Å²) in [6.45, 7) is 0. The average Bonchev–Trinajstić information content (AvgIpc) is 3.21. The Balaban J connectivity index is 1.60. The van der Waals surface area contributed by atoms with Gasteiger partial charge in [0.25, 0.3) is 5.91 Å². The van der Waals surface area contributed by atoms with Gasteiger partial charge in [0.05, 0.1) is 5.69 Å². The number of imide groups is 1.